The van der Waals surface area contributed by atoms with Crippen molar-refractivity contribution in [2.24, 2.45) is 0 Å². The van der Waals surface area contributed by atoms with Crippen molar-refractivity contribution in [1.82, 2.24) is 10.6 Å². The largest absolute Gasteiger partial charge is 0.378 e. The van der Waals surface area contributed by atoms with Crippen molar-refractivity contribution in [3.8, 4) is 0 Å². The van der Waals surface area contributed by atoms with Crippen LogP contribution in [0.25, 0.3) is 0 Å². The predicted molar refractivity (Wildman–Crippen MR) is 67.0 cm³/mol. The van der Waals surface area contributed by atoms with Crippen LogP contribution in [0.3, 0.4) is 0 Å². The van der Waals surface area contributed by atoms with Crippen LogP contribution >= 0.6 is 0 Å². The Labute approximate surface area is 107 Å². The average Bonchev–Trinajstić information content (AvgIpc) is 2.37. The first-order valence-electron chi connectivity index (χ1n) is 6.40. The van der Waals surface area contributed by atoms with Gasteiger partial charge in [-0.15, -0.1) is 0 Å². The zero-order valence-electron chi connectivity index (χ0n) is 10.4. The molecule has 0 aromatic rings. The number of sulfone groups is 1. The number of hydrogen-bond donors (Lipinski definition) is 2. The predicted octanol–water partition coefficient (Wildman–Crippen LogP) is -0.942. The zero-order chi connectivity index (χ0) is 13.0. The van der Waals surface area contributed by atoms with Crippen molar-refractivity contribution >= 4 is 15.7 Å². The molecule has 0 aromatic carbocycles. The van der Waals surface area contributed by atoms with Crippen LogP contribution in [-0.4, -0.2) is 57.7 Å². The molecule has 104 valence electrons. The van der Waals surface area contributed by atoms with Crippen molar-refractivity contribution in [2.75, 3.05) is 32.1 Å². The highest BCUT2D eigenvalue weighted by Gasteiger charge is 2.34. The summed E-state index contributed by atoms with van der Waals surface area (Å²) in [7, 11) is -3.24. The van der Waals surface area contributed by atoms with Gasteiger partial charge in [0.2, 0.25) is 5.91 Å². The molecule has 2 aliphatic heterocycles. The van der Waals surface area contributed by atoms with E-state index in [2.05, 4.69) is 10.6 Å². The lowest BCUT2D eigenvalue weighted by molar-refractivity contribution is -0.121. The Morgan fingerprint density at radius 3 is 2.89 bits per heavy atom. The van der Waals surface area contributed by atoms with Crippen LogP contribution in [0.15, 0.2) is 0 Å². The van der Waals surface area contributed by atoms with E-state index in [1.54, 1.807) is 0 Å². The molecule has 0 aromatic heterocycles. The smallest absolute Gasteiger partial charge is 0.238 e. The van der Waals surface area contributed by atoms with E-state index in [-0.39, 0.29) is 17.7 Å². The minimum absolute atomic E-state index is 0.0778. The van der Waals surface area contributed by atoms with Gasteiger partial charge in [-0.05, 0) is 12.8 Å². The van der Waals surface area contributed by atoms with Gasteiger partial charge in [0, 0.05) is 19.1 Å². The van der Waals surface area contributed by atoms with Gasteiger partial charge in [-0.2, -0.15) is 0 Å². The zero-order valence-corrected chi connectivity index (χ0v) is 11.2. The minimum atomic E-state index is -3.24. The molecule has 0 saturated carbocycles. The van der Waals surface area contributed by atoms with Gasteiger partial charge < -0.3 is 15.4 Å². The Morgan fingerprint density at radius 1 is 1.39 bits per heavy atom. The lowest BCUT2D eigenvalue weighted by Gasteiger charge is -2.26. The fraction of sp³-hybridized carbons (Fsp3) is 0.909. The van der Waals surface area contributed by atoms with Crippen LogP contribution in [0.1, 0.15) is 19.3 Å². The summed E-state index contributed by atoms with van der Waals surface area (Å²) in [4.78, 5) is 11.9. The maximum atomic E-state index is 11.9. The van der Waals surface area contributed by atoms with Crippen molar-refractivity contribution < 1.29 is 17.9 Å². The van der Waals surface area contributed by atoms with E-state index >= 15 is 0 Å². The van der Waals surface area contributed by atoms with Gasteiger partial charge in [-0.25, -0.2) is 8.42 Å². The number of carbonyl (C=O) groups is 1. The molecular weight excluding hydrogens is 256 g/mol. The number of rotatable bonds is 3. The van der Waals surface area contributed by atoms with Gasteiger partial charge in [0.25, 0.3) is 0 Å². The summed E-state index contributed by atoms with van der Waals surface area (Å²) in [5.74, 6) is -0.224. The molecule has 0 aliphatic carbocycles. The van der Waals surface area contributed by atoms with E-state index in [4.69, 9.17) is 4.74 Å². The summed E-state index contributed by atoms with van der Waals surface area (Å²) in [6.07, 6.45) is 1.93. The van der Waals surface area contributed by atoms with E-state index in [0.717, 1.165) is 13.0 Å². The molecule has 2 heterocycles. The molecule has 7 heteroatoms. The quantitative estimate of drug-likeness (QED) is 0.695. The highest BCUT2D eigenvalue weighted by Crippen LogP contribution is 2.19. The number of ether oxygens (including phenoxy) is 1. The Bertz CT molecular complexity index is 390. The molecule has 1 amide bonds. The van der Waals surface area contributed by atoms with Gasteiger partial charge >= 0.3 is 0 Å². The average molecular weight is 276 g/mol. The third kappa shape index (κ3) is 3.43. The first-order valence-corrected chi connectivity index (χ1v) is 8.11. The molecule has 2 saturated heterocycles. The first-order chi connectivity index (χ1) is 8.59. The topological polar surface area (TPSA) is 84.5 Å². The van der Waals surface area contributed by atoms with Crippen LogP contribution in [-0.2, 0) is 19.4 Å². The van der Waals surface area contributed by atoms with Gasteiger partial charge in [-0.3, -0.25) is 4.79 Å². The standard InChI is InChI=1S/C11H20N2O4S/c14-11(10-3-1-2-6-18(10,15)16)13-7-9-8-17-5-4-12-9/h9-10,12H,1-8H2,(H,13,14). The van der Waals surface area contributed by atoms with E-state index in [0.29, 0.717) is 32.6 Å². The molecule has 18 heavy (non-hydrogen) atoms. The van der Waals surface area contributed by atoms with Crippen molar-refractivity contribution in [3.63, 3.8) is 0 Å². The molecular formula is C11H20N2O4S. The van der Waals surface area contributed by atoms with Crippen LogP contribution in [0.5, 0.6) is 0 Å². The lowest BCUT2D eigenvalue weighted by atomic mass is 10.2. The molecule has 2 atom stereocenters. The highest BCUT2D eigenvalue weighted by molar-refractivity contribution is 7.92. The second-order valence-electron chi connectivity index (χ2n) is 4.82. The molecule has 2 aliphatic rings. The number of carbonyl (C=O) groups excluding carboxylic acids is 1. The lowest BCUT2D eigenvalue weighted by Crippen LogP contribution is -2.51. The fourth-order valence-electron chi connectivity index (χ4n) is 2.34. The van der Waals surface area contributed by atoms with Crippen molar-refractivity contribution in [1.29, 1.82) is 0 Å². The van der Waals surface area contributed by atoms with E-state index in [9.17, 15) is 13.2 Å². The highest BCUT2D eigenvalue weighted by atomic mass is 32.2. The number of morpholine rings is 1. The summed E-state index contributed by atoms with van der Waals surface area (Å²) in [5.41, 5.74) is 0. The summed E-state index contributed by atoms with van der Waals surface area (Å²) >= 11 is 0. The van der Waals surface area contributed by atoms with Crippen LogP contribution in [0.2, 0.25) is 0 Å². The molecule has 2 N–H and O–H groups in total. The molecule has 0 bridgehead atoms. The third-order valence-corrected chi connectivity index (χ3v) is 5.57. The fourth-order valence-corrected chi connectivity index (χ4v) is 4.16. The monoisotopic (exact) mass is 276 g/mol. The molecule has 6 nitrogen and oxygen atoms in total. The molecule has 2 fully saturated rings. The van der Waals surface area contributed by atoms with E-state index in [1.807, 2.05) is 0 Å². The molecule has 2 unspecified atom stereocenters. The Morgan fingerprint density at radius 2 is 2.22 bits per heavy atom. The molecule has 0 spiro atoms. The summed E-state index contributed by atoms with van der Waals surface area (Å²) in [5, 5.41) is 5.07. The normalized spacial score (nSPS) is 31.8. The SMILES string of the molecule is O=C(NCC1COCCN1)C1CCCCS1(=O)=O. The van der Waals surface area contributed by atoms with Crippen LogP contribution < -0.4 is 10.6 Å². The summed E-state index contributed by atoms with van der Waals surface area (Å²) in [6, 6.07) is 0.0778. The van der Waals surface area contributed by atoms with E-state index < -0.39 is 15.1 Å². The minimum Gasteiger partial charge on any atom is -0.378 e. The van der Waals surface area contributed by atoms with Gasteiger partial charge in [0.05, 0.1) is 19.0 Å². The van der Waals surface area contributed by atoms with Gasteiger partial charge in [0.1, 0.15) is 5.25 Å². The Kier molecular flexibility index (Phi) is 4.58. The first kappa shape index (κ1) is 13.8. The second kappa shape index (κ2) is 5.99. The van der Waals surface area contributed by atoms with Crippen molar-refractivity contribution in [2.45, 2.75) is 30.6 Å². The molecule has 0 radical (unpaired) electrons. The van der Waals surface area contributed by atoms with Crippen molar-refractivity contribution in [3.05, 3.63) is 0 Å². The number of hydrogen-bond acceptors (Lipinski definition) is 5. The Hall–Kier alpha value is -0.660. The number of amides is 1. The molecule has 2 rings (SSSR count). The second-order valence-corrected chi connectivity index (χ2v) is 7.13. The summed E-state index contributed by atoms with van der Waals surface area (Å²) < 4.78 is 28.8. The maximum Gasteiger partial charge on any atom is 0.238 e. The van der Waals surface area contributed by atoms with E-state index in [1.165, 1.54) is 0 Å². The maximum absolute atomic E-state index is 11.9. The Balaban J connectivity index is 1.83. The summed E-state index contributed by atoms with van der Waals surface area (Å²) in [6.45, 7) is 2.42. The number of nitrogens with one attached hydrogen (secondary N) is 2. The van der Waals surface area contributed by atoms with Gasteiger partial charge in [0.15, 0.2) is 9.84 Å². The van der Waals surface area contributed by atoms with Crippen LogP contribution in [0, 0.1) is 0 Å². The van der Waals surface area contributed by atoms with Gasteiger partial charge in [-0.1, -0.05) is 6.42 Å². The van der Waals surface area contributed by atoms with Crippen LogP contribution in [0.4, 0.5) is 0 Å². The third-order valence-electron chi connectivity index (χ3n) is 3.39.